The van der Waals surface area contributed by atoms with Crippen LogP contribution in [0.25, 0.3) is 0 Å². The Morgan fingerprint density at radius 1 is 1.25 bits per heavy atom. The number of rotatable bonds is 2. The summed E-state index contributed by atoms with van der Waals surface area (Å²) in [4.78, 5) is 14.6. The van der Waals surface area contributed by atoms with Crippen LogP contribution < -0.4 is 0 Å². The number of carbonyl (C=O) groups excluding carboxylic acids is 1. The van der Waals surface area contributed by atoms with Gasteiger partial charge in [0.15, 0.2) is 0 Å². The Morgan fingerprint density at radius 2 is 2.08 bits per heavy atom. The number of fused-ring (bicyclic) bond motifs is 1. The minimum atomic E-state index is 0.0713. The molecule has 0 radical (unpaired) electrons. The first-order valence-corrected chi connectivity index (χ1v) is 9.67. The standard InChI is InChI=1S/C18H21IN3O2/c19-17-14-9-10-21(18(23)13-6-2-1-3-7-13)12-15(14)20-22(17)16-8-4-5-11-24-16/h1-3,6-7,14,16H,4-5,8-12H2/q+1. The third kappa shape index (κ3) is 3.01. The number of likely N-dealkylation sites (tertiary alicyclic amines) is 1. The van der Waals surface area contributed by atoms with Crippen molar-refractivity contribution in [1.29, 1.82) is 0 Å². The lowest BCUT2D eigenvalue weighted by Gasteiger charge is -2.28. The molecule has 2 unspecified atom stereocenters. The van der Waals surface area contributed by atoms with Crippen LogP contribution in [0.2, 0.25) is 0 Å². The van der Waals surface area contributed by atoms with Gasteiger partial charge in [-0.05, 0) is 36.5 Å². The second-order valence-electron chi connectivity index (χ2n) is 6.51. The molecule has 2 saturated heterocycles. The van der Waals surface area contributed by atoms with E-state index in [0.717, 1.165) is 43.7 Å². The summed E-state index contributed by atoms with van der Waals surface area (Å²) in [5.74, 6) is 0.454. The molecule has 0 aromatic heterocycles. The third-order valence-electron chi connectivity index (χ3n) is 4.92. The molecule has 24 heavy (non-hydrogen) atoms. The van der Waals surface area contributed by atoms with Gasteiger partial charge >= 0.3 is 0 Å². The lowest BCUT2D eigenvalue weighted by molar-refractivity contribution is -0.617. The smallest absolute Gasteiger partial charge is 0.288 e. The number of hydrazone groups is 1. The zero-order chi connectivity index (χ0) is 16.5. The van der Waals surface area contributed by atoms with Gasteiger partial charge in [-0.15, -0.1) is 0 Å². The van der Waals surface area contributed by atoms with Gasteiger partial charge in [0.1, 0.15) is 11.6 Å². The van der Waals surface area contributed by atoms with Crippen LogP contribution in [-0.4, -0.2) is 50.8 Å². The van der Waals surface area contributed by atoms with Gasteiger partial charge in [-0.2, -0.15) is 0 Å². The van der Waals surface area contributed by atoms with Gasteiger partial charge in [0, 0.05) is 41.1 Å². The Hall–Kier alpha value is -1.28. The molecule has 0 bridgehead atoms. The fourth-order valence-electron chi connectivity index (χ4n) is 3.60. The summed E-state index contributed by atoms with van der Waals surface area (Å²) >= 11 is 2.41. The van der Waals surface area contributed by atoms with Crippen LogP contribution in [0.1, 0.15) is 36.0 Å². The minimum absolute atomic E-state index is 0.0713. The largest absolute Gasteiger partial charge is 0.333 e. The normalized spacial score (nSPS) is 27.0. The number of benzene rings is 1. The van der Waals surface area contributed by atoms with Gasteiger partial charge in [-0.1, -0.05) is 22.9 Å². The molecular weight excluding hydrogens is 417 g/mol. The highest BCUT2D eigenvalue weighted by Crippen LogP contribution is 2.28. The molecule has 1 amide bonds. The topological polar surface area (TPSA) is 44.9 Å². The van der Waals surface area contributed by atoms with Crippen molar-refractivity contribution >= 4 is 37.9 Å². The van der Waals surface area contributed by atoms with Crippen molar-refractivity contribution in [1.82, 2.24) is 4.90 Å². The highest BCUT2D eigenvalue weighted by Gasteiger charge is 2.44. The van der Waals surface area contributed by atoms with E-state index in [1.165, 1.54) is 10.1 Å². The molecule has 126 valence electrons. The third-order valence-corrected chi connectivity index (χ3v) is 6.17. The molecule has 5 nitrogen and oxygen atoms in total. The molecule has 3 aliphatic rings. The first kappa shape index (κ1) is 16.2. The average Bonchev–Trinajstić information content (AvgIpc) is 2.99. The van der Waals surface area contributed by atoms with E-state index >= 15 is 0 Å². The summed E-state index contributed by atoms with van der Waals surface area (Å²) in [7, 11) is 0. The highest BCUT2D eigenvalue weighted by molar-refractivity contribution is 14.1. The zero-order valence-corrected chi connectivity index (χ0v) is 15.7. The lowest BCUT2D eigenvalue weighted by atomic mass is 9.96. The molecule has 0 spiro atoms. The van der Waals surface area contributed by atoms with Crippen molar-refractivity contribution in [3.8, 4) is 0 Å². The van der Waals surface area contributed by atoms with Crippen LogP contribution in [-0.2, 0) is 4.74 Å². The second-order valence-corrected chi connectivity index (χ2v) is 7.62. The molecular formula is C18H21IN3O2+. The number of carbonyl (C=O) groups is 1. The molecule has 4 rings (SSSR count). The first-order valence-electron chi connectivity index (χ1n) is 8.59. The Morgan fingerprint density at radius 3 is 2.83 bits per heavy atom. The van der Waals surface area contributed by atoms with E-state index in [0.29, 0.717) is 12.5 Å². The maximum Gasteiger partial charge on any atom is 0.288 e. The van der Waals surface area contributed by atoms with Crippen molar-refractivity contribution in [3.63, 3.8) is 0 Å². The molecule has 2 atom stereocenters. The Bertz CT molecular complexity index is 695. The van der Waals surface area contributed by atoms with Crippen LogP contribution in [0.5, 0.6) is 0 Å². The highest BCUT2D eigenvalue weighted by atomic mass is 127. The van der Waals surface area contributed by atoms with Crippen LogP contribution >= 0.6 is 22.6 Å². The lowest BCUT2D eigenvalue weighted by Crippen LogP contribution is -2.44. The average molecular weight is 438 g/mol. The molecule has 3 heterocycles. The summed E-state index contributed by atoms with van der Waals surface area (Å²) in [6, 6.07) is 9.51. The van der Waals surface area contributed by atoms with E-state index in [4.69, 9.17) is 9.84 Å². The SMILES string of the molecule is O=C(c1ccccc1)N1CCC2C(=N[N+](C3CCCCO3)=C2I)C1. The van der Waals surface area contributed by atoms with Gasteiger partial charge in [0.25, 0.3) is 15.9 Å². The number of amides is 1. The summed E-state index contributed by atoms with van der Waals surface area (Å²) < 4.78 is 9.21. The summed E-state index contributed by atoms with van der Waals surface area (Å²) in [6.07, 6.45) is 4.38. The maximum absolute atomic E-state index is 12.7. The maximum atomic E-state index is 12.7. The van der Waals surface area contributed by atoms with Crippen LogP contribution in [0.15, 0.2) is 35.4 Å². The monoisotopic (exact) mass is 438 g/mol. The predicted octanol–water partition coefficient (Wildman–Crippen LogP) is 2.89. The summed E-state index contributed by atoms with van der Waals surface area (Å²) in [5, 5.41) is 4.83. The number of piperidine rings is 1. The zero-order valence-electron chi connectivity index (χ0n) is 13.5. The predicted molar refractivity (Wildman–Crippen MR) is 101 cm³/mol. The Balaban J connectivity index is 1.50. The van der Waals surface area contributed by atoms with Gasteiger partial charge in [-0.25, -0.2) is 0 Å². The van der Waals surface area contributed by atoms with Crippen LogP contribution in [0, 0.1) is 5.92 Å². The van der Waals surface area contributed by atoms with Crippen molar-refractivity contribution in [2.75, 3.05) is 19.7 Å². The van der Waals surface area contributed by atoms with Crippen LogP contribution in [0.4, 0.5) is 0 Å². The number of halogens is 1. The Kier molecular flexibility index (Phi) is 4.67. The molecule has 6 heteroatoms. The van der Waals surface area contributed by atoms with E-state index < -0.39 is 0 Å². The molecule has 0 aliphatic carbocycles. The fraction of sp³-hybridized carbons (Fsp3) is 0.500. The summed E-state index contributed by atoms with van der Waals surface area (Å²) in [6.45, 7) is 2.22. The van der Waals surface area contributed by atoms with E-state index in [2.05, 4.69) is 27.3 Å². The van der Waals surface area contributed by atoms with E-state index in [9.17, 15) is 4.79 Å². The van der Waals surface area contributed by atoms with E-state index in [1.54, 1.807) is 0 Å². The number of ether oxygens (including phenoxy) is 1. The molecule has 1 aromatic carbocycles. The molecule has 0 N–H and O–H groups in total. The minimum Gasteiger partial charge on any atom is -0.333 e. The molecule has 0 saturated carbocycles. The number of hydrogen-bond acceptors (Lipinski definition) is 3. The number of hydrogen-bond donors (Lipinski definition) is 0. The quantitative estimate of drug-likeness (QED) is 0.527. The van der Waals surface area contributed by atoms with Crippen molar-refractivity contribution in [2.45, 2.75) is 31.9 Å². The van der Waals surface area contributed by atoms with Gasteiger partial charge in [0.05, 0.1) is 13.2 Å². The van der Waals surface area contributed by atoms with Crippen LogP contribution in [0.3, 0.4) is 0 Å². The first-order chi connectivity index (χ1) is 11.7. The van der Waals surface area contributed by atoms with Crippen molar-refractivity contribution in [3.05, 3.63) is 35.9 Å². The fourth-order valence-corrected chi connectivity index (χ4v) is 4.68. The molecule has 1 aromatic rings. The Labute approximate surface area is 155 Å². The second kappa shape index (κ2) is 6.92. The molecule has 2 fully saturated rings. The summed E-state index contributed by atoms with van der Waals surface area (Å²) in [5.41, 5.74) is 1.85. The van der Waals surface area contributed by atoms with E-state index in [-0.39, 0.29) is 12.1 Å². The van der Waals surface area contributed by atoms with E-state index in [1.807, 2.05) is 35.2 Å². The van der Waals surface area contributed by atoms with Crippen molar-refractivity contribution < 1.29 is 14.2 Å². The van der Waals surface area contributed by atoms with Crippen molar-refractivity contribution in [2.24, 2.45) is 11.0 Å². The van der Waals surface area contributed by atoms with Gasteiger partial charge < -0.3 is 9.64 Å². The van der Waals surface area contributed by atoms with Gasteiger partial charge in [0.2, 0.25) is 0 Å². The van der Waals surface area contributed by atoms with Gasteiger partial charge in [-0.3, -0.25) is 4.79 Å². The number of nitrogens with zero attached hydrogens (tertiary/aromatic N) is 3. The molecule has 3 aliphatic heterocycles.